The number of rotatable bonds is 3. The molecule has 8 nitrogen and oxygen atoms in total. The summed E-state index contributed by atoms with van der Waals surface area (Å²) in [7, 11) is 3.62. The summed E-state index contributed by atoms with van der Waals surface area (Å²) in [5.41, 5.74) is 8.64. The molecule has 4 heterocycles. The molecule has 3 N–H and O–H groups in total. The van der Waals surface area contributed by atoms with E-state index in [9.17, 15) is 4.79 Å². The number of nitrogens with one attached hydrogen (secondary N) is 1. The predicted molar refractivity (Wildman–Crippen MR) is 115 cm³/mol. The van der Waals surface area contributed by atoms with Gasteiger partial charge in [0.25, 0.3) is 5.56 Å². The fourth-order valence-electron chi connectivity index (χ4n) is 4.24. The first kappa shape index (κ1) is 18.2. The first-order valence-electron chi connectivity index (χ1n) is 9.63. The molecule has 9 heteroatoms. The van der Waals surface area contributed by atoms with Gasteiger partial charge in [-0.25, -0.2) is 0 Å². The Labute approximate surface area is 171 Å². The molecule has 1 aromatic carbocycles. The van der Waals surface area contributed by atoms with E-state index in [0.29, 0.717) is 34.5 Å². The van der Waals surface area contributed by atoms with Gasteiger partial charge in [0.1, 0.15) is 5.65 Å². The second-order valence-corrected chi connectivity index (χ2v) is 8.08. The van der Waals surface area contributed by atoms with Gasteiger partial charge in [-0.05, 0) is 24.9 Å². The van der Waals surface area contributed by atoms with Crippen LogP contribution in [0.25, 0.3) is 33.1 Å². The van der Waals surface area contributed by atoms with Crippen LogP contribution in [0.5, 0.6) is 0 Å². The summed E-state index contributed by atoms with van der Waals surface area (Å²) in [5.74, 6) is 1.10. The van der Waals surface area contributed by atoms with Crippen LogP contribution in [0.4, 0.5) is 5.95 Å². The van der Waals surface area contributed by atoms with Crippen LogP contribution in [0, 0.1) is 5.92 Å². The molecular formula is C20H22ClN7O. The molecule has 1 aliphatic rings. The molecule has 0 amide bonds. The van der Waals surface area contributed by atoms with Crippen LogP contribution < -0.4 is 16.2 Å². The molecule has 29 heavy (non-hydrogen) atoms. The number of aromatic nitrogens is 5. The van der Waals surface area contributed by atoms with Crippen LogP contribution in [0.2, 0.25) is 5.02 Å². The number of anilines is 1. The van der Waals surface area contributed by atoms with Crippen LogP contribution in [0.1, 0.15) is 6.42 Å². The fourth-order valence-corrected chi connectivity index (χ4v) is 4.55. The molecule has 4 aromatic rings. The molecule has 0 bridgehead atoms. The monoisotopic (exact) mass is 411 g/mol. The van der Waals surface area contributed by atoms with Crippen molar-refractivity contribution in [3.8, 4) is 11.1 Å². The number of aromatic amines is 1. The molecule has 150 valence electrons. The molecule has 3 aromatic heterocycles. The summed E-state index contributed by atoms with van der Waals surface area (Å²) < 4.78 is 3.35. The van der Waals surface area contributed by atoms with Crippen molar-refractivity contribution in [2.45, 2.75) is 6.42 Å². The second-order valence-electron chi connectivity index (χ2n) is 7.70. The average Bonchev–Trinajstić information content (AvgIpc) is 3.42. The summed E-state index contributed by atoms with van der Waals surface area (Å²) in [5, 5.41) is 6.36. The lowest BCUT2D eigenvalue weighted by Crippen LogP contribution is -2.31. The molecule has 1 aliphatic heterocycles. The minimum Gasteiger partial charge on any atom is -0.345 e. The number of hydrogen-bond donors (Lipinski definition) is 2. The second kappa shape index (κ2) is 6.60. The van der Waals surface area contributed by atoms with Gasteiger partial charge in [-0.3, -0.25) is 14.0 Å². The molecule has 1 atom stereocenters. The Morgan fingerprint density at radius 2 is 2.14 bits per heavy atom. The maximum absolute atomic E-state index is 13.3. The van der Waals surface area contributed by atoms with Gasteiger partial charge in [0.15, 0.2) is 0 Å². The van der Waals surface area contributed by atoms with E-state index in [-0.39, 0.29) is 5.56 Å². The highest BCUT2D eigenvalue weighted by atomic mass is 35.5. The van der Waals surface area contributed by atoms with E-state index in [1.54, 1.807) is 22.5 Å². The van der Waals surface area contributed by atoms with Crippen LogP contribution in [-0.2, 0) is 14.1 Å². The Hall–Kier alpha value is -2.84. The molecule has 1 saturated heterocycles. The quantitative estimate of drug-likeness (QED) is 0.538. The van der Waals surface area contributed by atoms with E-state index in [1.807, 2.05) is 25.4 Å². The number of hydrogen-bond acceptors (Lipinski definition) is 5. The Morgan fingerprint density at radius 1 is 1.31 bits per heavy atom. The van der Waals surface area contributed by atoms with Gasteiger partial charge < -0.3 is 15.6 Å². The Bertz CT molecular complexity index is 1300. The molecule has 0 spiro atoms. The van der Waals surface area contributed by atoms with E-state index in [4.69, 9.17) is 22.3 Å². The highest BCUT2D eigenvalue weighted by Gasteiger charge is 2.26. The summed E-state index contributed by atoms with van der Waals surface area (Å²) in [6.07, 6.45) is 4.70. The molecule has 0 radical (unpaired) electrons. The van der Waals surface area contributed by atoms with Gasteiger partial charge >= 0.3 is 0 Å². The van der Waals surface area contributed by atoms with Crippen molar-refractivity contribution in [3.63, 3.8) is 0 Å². The van der Waals surface area contributed by atoms with E-state index in [0.717, 1.165) is 41.5 Å². The number of benzene rings is 1. The lowest BCUT2D eigenvalue weighted by atomic mass is 10.0. The normalized spacial score (nSPS) is 17.1. The molecule has 1 fully saturated rings. The molecule has 5 rings (SSSR count). The van der Waals surface area contributed by atoms with Crippen molar-refractivity contribution < 1.29 is 0 Å². The summed E-state index contributed by atoms with van der Waals surface area (Å²) in [6.45, 7) is 2.32. The van der Waals surface area contributed by atoms with Crippen molar-refractivity contribution in [3.05, 3.63) is 39.9 Å². The fraction of sp³-hybridized carbons (Fsp3) is 0.350. The van der Waals surface area contributed by atoms with Crippen molar-refractivity contribution in [1.82, 2.24) is 24.3 Å². The summed E-state index contributed by atoms with van der Waals surface area (Å²) in [4.78, 5) is 23.3. The maximum Gasteiger partial charge on any atom is 0.264 e. The van der Waals surface area contributed by atoms with E-state index in [1.165, 1.54) is 0 Å². The first-order chi connectivity index (χ1) is 14.0. The topological polar surface area (TPSA) is 97.8 Å². The third kappa shape index (κ3) is 2.74. The van der Waals surface area contributed by atoms with Gasteiger partial charge in [-0.1, -0.05) is 17.7 Å². The van der Waals surface area contributed by atoms with Gasteiger partial charge in [0.2, 0.25) is 5.95 Å². The first-order valence-corrected chi connectivity index (χ1v) is 10.0. The van der Waals surface area contributed by atoms with E-state index < -0.39 is 0 Å². The third-order valence-electron chi connectivity index (χ3n) is 5.82. The number of nitrogens with zero attached hydrogens (tertiary/aromatic N) is 5. The van der Waals surface area contributed by atoms with Crippen molar-refractivity contribution >= 4 is 39.5 Å². The van der Waals surface area contributed by atoms with Crippen molar-refractivity contribution in [2.75, 3.05) is 24.5 Å². The number of aryl methyl sites for hydroxylation is 1. The largest absolute Gasteiger partial charge is 0.345 e. The van der Waals surface area contributed by atoms with Gasteiger partial charge in [-0.2, -0.15) is 10.1 Å². The highest BCUT2D eigenvalue weighted by Crippen LogP contribution is 2.36. The zero-order valence-corrected chi connectivity index (χ0v) is 17.1. The van der Waals surface area contributed by atoms with Crippen molar-refractivity contribution in [1.29, 1.82) is 0 Å². The van der Waals surface area contributed by atoms with E-state index in [2.05, 4.69) is 15.0 Å². The number of fused-ring (bicyclic) bond motifs is 2. The lowest BCUT2D eigenvalue weighted by Gasteiger charge is -2.20. The van der Waals surface area contributed by atoms with Crippen LogP contribution in [-0.4, -0.2) is 43.9 Å². The Balaban J connectivity index is 1.67. The maximum atomic E-state index is 13.3. The smallest absolute Gasteiger partial charge is 0.264 e. The predicted octanol–water partition coefficient (Wildman–Crippen LogP) is 2.25. The SMILES string of the molecule is Cn1cc2c(Cl)c(-c3c[nH]c4nc(N5CCC(CN)C5)n(C)c(=O)c34)ccc2n1. The highest BCUT2D eigenvalue weighted by molar-refractivity contribution is 6.38. The Morgan fingerprint density at radius 3 is 2.90 bits per heavy atom. The molecule has 1 unspecified atom stereocenters. The number of halogens is 1. The van der Waals surface area contributed by atoms with Gasteiger partial charge in [0, 0.05) is 56.1 Å². The number of H-pyrrole nitrogens is 1. The zero-order chi connectivity index (χ0) is 20.3. The standard InChI is InChI=1S/C20H22ClN7O/c1-26-10-14-15(25-26)4-3-12(17(14)21)13-8-23-18-16(13)19(29)27(2)20(24-18)28-6-5-11(7-22)9-28/h3-4,8,10-11,23H,5-7,9,22H2,1-2H3. The van der Waals surface area contributed by atoms with Gasteiger partial charge in [-0.15, -0.1) is 0 Å². The summed E-state index contributed by atoms with van der Waals surface area (Å²) >= 11 is 6.69. The minimum absolute atomic E-state index is 0.0974. The lowest BCUT2D eigenvalue weighted by molar-refractivity contribution is 0.600. The average molecular weight is 412 g/mol. The minimum atomic E-state index is -0.0974. The third-order valence-corrected chi connectivity index (χ3v) is 6.23. The summed E-state index contributed by atoms with van der Waals surface area (Å²) in [6, 6.07) is 3.82. The Kier molecular flexibility index (Phi) is 4.15. The van der Waals surface area contributed by atoms with Gasteiger partial charge in [0.05, 0.1) is 15.9 Å². The number of nitrogens with two attached hydrogens (primary N) is 1. The molecule has 0 aliphatic carbocycles. The van der Waals surface area contributed by atoms with Crippen LogP contribution in [0.3, 0.4) is 0 Å². The van der Waals surface area contributed by atoms with Crippen LogP contribution in [0.15, 0.2) is 29.3 Å². The van der Waals surface area contributed by atoms with Crippen molar-refractivity contribution in [2.24, 2.45) is 25.7 Å². The zero-order valence-electron chi connectivity index (χ0n) is 16.3. The van der Waals surface area contributed by atoms with E-state index >= 15 is 0 Å². The van der Waals surface area contributed by atoms with Crippen LogP contribution >= 0.6 is 11.6 Å². The molecule has 0 saturated carbocycles. The molecular weight excluding hydrogens is 390 g/mol.